The number of nitrogens with one attached hydrogen (secondary N) is 2. The van der Waals surface area contributed by atoms with Crippen LogP contribution in [0.5, 0.6) is 5.75 Å². The molecule has 4 N–H and O–H groups in total. The van der Waals surface area contributed by atoms with Gasteiger partial charge in [0.2, 0.25) is 17.6 Å². The maximum Gasteiger partial charge on any atom is 0.408 e. The van der Waals surface area contributed by atoms with E-state index in [1.807, 2.05) is 18.2 Å². The fraction of sp³-hybridized carbons (Fsp3) is 0.575. The Balaban J connectivity index is 1.21. The van der Waals surface area contributed by atoms with Crippen molar-refractivity contribution >= 4 is 34.8 Å². The summed E-state index contributed by atoms with van der Waals surface area (Å²) in [5, 5.41) is 5.68. The lowest BCUT2D eigenvalue weighted by Gasteiger charge is -2.29. The number of Topliss-reactive ketones (excluding diaryl/α,β-unsaturated/α-hetero) is 1. The van der Waals surface area contributed by atoms with Gasteiger partial charge in [0, 0.05) is 19.6 Å². The molecule has 0 spiro atoms. The smallest absolute Gasteiger partial charge is 0.408 e. The first kappa shape index (κ1) is 38.2. The topological polar surface area (TPSA) is 175 Å². The molecule has 2 aliphatic carbocycles. The van der Waals surface area contributed by atoms with Gasteiger partial charge in [-0.3, -0.25) is 14.4 Å². The molecule has 53 heavy (non-hydrogen) atoms. The van der Waals surface area contributed by atoms with E-state index in [-0.39, 0.29) is 31.6 Å². The van der Waals surface area contributed by atoms with Gasteiger partial charge in [0.25, 0.3) is 5.89 Å². The minimum Gasteiger partial charge on any atom is -0.491 e. The summed E-state index contributed by atoms with van der Waals surface area (Å²) < 4.78 is 23.8. The standard InChI is InChI=1S/C40H53N5O8/c41-22-12-11-20-32(36(46)38-43-31-19-9-10-21-35(31)53-38)42-37(47)34-23-30(50-25-27-13-3-1-4-14-27)24-45(34)39(48)33(26-51-28-15-5-2-6-16-28)44-40(49)52-29-17-7-8-18-29/h2,5-6,9-10,15-16,19,21,27,29-30,32-34H,1,3-4,7-8,11-14,17-18,20,22-26,41H2,(H,42,47)(H,44,49)/t30-,32+,33-,34+/m1/s1. The molecule has 0 radical (unpaired) electrons. The lowest BCUT2D eigenvalue weighted by molar-refractivity contribution is -0.140. The number of oxazole rings is 1. The van der Waals surface area contributed by atoms with Crippen molar-refractivity contribution in [3.8, 4) is 5.75 Å². The van der Waals surface area contributed by atoms with Gasteiger partial charge < -0.3 is 39.9 Å². The van der Waals surface area contributed by atoms with Gasteiger partial charge >= 0.3 is 6.09 Å². The highest BCUT2D eigenvalue weighted by molar-refractivity contribution is 6.01. The Morgan fingerprint density at radius 1 is 0.868 bits per heavy atom. The quantitative estimate of drug-likeness (QED) is 0.122. The van der Waals surface area contributed by atoms with Crippen LogP contribution < -0.4 is 21.1 Å². The van der Waals surface area contributed by atoms with Crippen LogP contribution in [0.2, 0.25) is 0 Å². The van der Waals surface area contributed by atoms with Crippen LogP contribution in [0.3, 0.4) is 0 Å². The Kier molecular flexibility index (Phi) is 13.7. The van der Waals surface area contributed by atoms with Crippen LogP contribution in [0.1, 0.15) is 94.2 Å². The predicted octanol–water partition coefficient (Wildman–Crippen LogP) is 5.31. The molecule has 0 unspecified atom stereocenters. The van der Waals surface area contributed by atoms with Crippen molar-refractivity contribution in [2.24, 2.45) is 11.7 Å². The largest absolute Gasteiger partial charge is 0.491 e. The molecule has 0 bridgehead atoms. The average Bonchev–Trinajstić information content (AvgIpc) is 3.96. The highest BCUT2D eigenvalue weighted by Crippen LogP contribution is 2.28. The van der Waals surface area contributed by atoms with Crippen LogP contribution in [-0.4, -0.2) is 90.2 Å². The number of benzene rings is 2. The number of alkyl carbamates (subject to hydrolysis) is 1. The third-order valence-corrected chi connectivity index (χ3v) is 10.6. The summed E-state index contributed by atoms with van der Waals surface area (Å²) in [6, 6.07) is 13.0. The van der Waals surface area contributed by atoms with Gasteiger partial charge in [-0.2, -0.15) is 0 Å². The van der Waals surface area contributed by atoms with Crippen molar-refractivity contribution in [3.05, 3.63) is 60.5 Å². The molecule has 1 saturated heterocycles. The number of aromatic nitrogens is 1. The second-order valence-corrected chi connectivity index (χ2v) is 14.5. The van der Waals surface area contributed by atoms with E-state index in [2.05, 4.69) is 15.6 Å². The van der Waals surface area contributed by atoms with Crippen LogP contribution >= 0.6 is 0 Å². The Morgan fingerprint density at radius 2 is 1.60 bits per heavy atom. The maximum absolute atomic E-state index is 14.5. The molecule has 4 atom stereocenters. The van der Waals surface area contributed by atoms with E-state index in [0.717, 1.165) is 38.5 Å². The van der Waals surface area contributed by atoms with E-state index in [9.17, 15) is 19.2 Å². The first-order valence-electron chi connectivity index (χ1n) is 19.3. The second kappa shape index (κ2) is 19.0. The first-order chi connectivity index (χ1) is 25.9. The zero-order chi connectivity index (χ0) is 37.0. The van der Waals surface area contributed by atoms with E-state index >= 15 is 0 Å². The number of carbonyl (C=O) groups excluding carboxylic acids is 4. The molecule has 3 aliphatic rings. The summed E-state index contributed by atoms with van der Waals surface area (Å²) in [6.45, 7) is 0.942. The average molecular weight is 732 g/mol. The van der Waals surface area contributed by atoms with Gasteiger partial charge in [0.1, 0.15) is 36.1 Å². The summed E-state index contributed by atoms with van der Waals surface area (Å²) in [6.07, 6.45) is 9.69. The van der Waals surface area contributed by atoms with Crippen LogP contribution in [0.15, 0.2) is 59.0 Å². The van der Waals surface area contributed by atoms with E-state index in [4.69, 9.17) is 24.4 Å². The predicted molar refractivity (Wildman–Crippen MR) is 197 cm³/mol. The van der Waals surface area contributed by atoms with E-state index < -0.39 is 47.9 Å². The molecule has 3 aromatic rings. The molecule has 13 nitrogen and oxygen atoms in total. The third kappa shape index (κ3) is 10.6. The lowest BCUT2D eigenvalue weighted by atomic mass is 9.90. The molecule has 286 valence electrons. The van der Waals surface area contributed by atoms with Gasteiger partial charge in [0.05, 0.1) is 12.1 Å². The first-order valence-corrected chi connectivity index (χ1v) is 19.3. The molecule has 2 aromatic carbocycles. The van der Waals surface area contributed by atoms with E-state index in [0.29, 0.717) is 55.2 Å². The summed E-state index contributed by atoms with van der Waals surface area (Å²) in [5.74, 6) is -0.600. The molecule has 1 aromatic heterocycles. The second-order valence-electron chi connectivity index (χ2n) is 14.5. The highest BCUT2D eigenvalue weighted by atomic mass is 16.6. The maximum atomic E-state index is 14.5. The molecule has 2 saturated carbocycles. The van der Waals surface area contributed by atoms with Crippen molar-refractivity contribution < 1.29 is 37.8 Å². The zero-order valence-electron chi connectivity index (χ0n) is 30.4. The van der Waals surface area contributed by atoms with Gasteiger partial charge in [-0.05, 0) is 94.5 Å². The minimum atomic E-state index is -1.15. The molecule has 6 rings (SSSR count). The number of hydrogen-bond donors (Lipinski definition) is 3. The highest BCUT2D eigenvalue weighted by Gasteiger charge is 2.44. The monoisotopic (exact) mass is 731 g/mol. The number of nitrogens with two attached hydrogens (primary N) is 1. The number of rotatable bonds is 17. The third-order valence-electron chi connectivity index (χ3n) is 10.6. The number of likely N-dealkylation sites (tertiary alicyclic amines) is 1. The summed E-state index contributed by atoms with van der Waals surface area (Å²) in [7, 11) is 0. The van der Waals surface area contributed by atoms with Crippen molar-refractivity contribution in [3.63, 3.8) is 0 Å². The van der Waals surface area contributed by atoms with Crippen LogP contribution in [0, 0.1) is 5.92 Å². The molecule has 1 aliphatic heterocycles. The number of hydrogen-bond acceptors (Lipinski definition) is 10. The number of fused-ring (bicyclic) bond motifs is 1. The lowest BCUT2D eigenvalue weighted by Crippen LogP contribution is -2.57. The van der Waals surface area contributed by atoms with Crippen molar-refractivity contribution in [1.29, 1.82) is 0 Å². The van der Waals surface area contributed by atoms with Gasteiger partial charge in [-0.15, -0.1) is 0 Å². The molecule has 3 amide bonds. The number of unbranched alkanes of at least 4 members (excludes halogenated alkanes) is 1. The molecular weight excluding hydrogens is 678 g/mol. The fourth-order valence-electron chi connectivity index (χ4n) is 7.60. The van der Waals surface area contributed by atoms with Crippen molar-refractivity contribution in [2.75, 3.05) is 26.3 Å². The van der Waals surface area contributed by atoms with Crippen molar-refractivity contribution in [2.45, 2.75) is 114 Å². The SMILES string of the molecule is NCCCC[C@H](NC(=O)[C@@H]1C[C@@H](OCC2CCCCC2)CN1C(=O)[C@@H](COc1ccccc1)NC(=O)OC1CCCC1)C(=O)c1nc2ccccc2o1. The summed E-state index contributed by atoms with van der Waals surface area (Å²) in [4.78, 5) is 61.6. The molecule has 2 heterocycles. The Hall–Kier alpha value is -4.49. The van der Waals surface area contributed by atoms with E-state index in [1.165, 1.54) is 24.2 Å². The number of carbonyl (C=O) groups is 4. The Labute approximate surface area is 310 Å². The Bertz CT molecular complexity index is 1620. The Morgan fingerprint density at radius 3 is 2.36 bits per heavy atom. The normalized spacial score (nSPS) is 20.6. The van der Waals surface area contributed by atoms with Gasteiger partial charge in [0.15, 0.2) is 5.58 Å². The van der Waals surface area contributed by atoms with Crippen LogP contribution in [0.4, 0.5) is 4.79 Å². The summed E-state index contributed by atoms with van der Waals surface area (Å²) >= 11 is 0. The summed E-state index contributed by atoms with van der Waals surface area (Å²) in [5.41, 5.74) is 6.77. The van der Waals surface area contributed by atoms with Gasteiger partial charge in [-0.1, -0.05) is 49.6 Å². The molecule has 3 fully saturated rings. The van der Waals surface area contributed by atoms with Gasteiger partial charge in [-0.25, -0.2) is 9.78 Å². The minimum absolute atomic E-state index is 0.0969. The van der Waals surface area contributed by atoms with Crippen LogP contribution in [0.25, 0.3) is 11.1 Å². The number of ether oxygens (including phenoxy) is 3. The number of ketones is 1. The number of amides is 3. The molecular formula is C40H53N5O8. The number of nitrogens with zero attached hydrogens (tertiary/aromatic N) is 2. The molecule has 13 heteroatoms. The van der Waals surface area contributed by atoms with Crippen molar-refractivity contribution in [1.82, 2.24) is 20.5 Å². The zero-order valence-corrected chi connectivity index (χ0v) is 30.4. The van der Waals surface area contributed by atoms with E-state index in [1.54, 1.807) is 36.4 Å². The van der Waals surface area contributed by atoms with Crippen LogP contribution in [-0.2, 0) is 19.1 Å². The fourth-order valence-corrected chi connectivity index (χ4v) is 7.60. The number of para-hydroxylation sites is 3.